The highest BCUT2D eigenvalue weighted by Gasteiger charge is 2.55. The van der Waals surface area contributed by atoms with Crippen LogP contribution in [-0.2, 0) is 4.74 Å². The summed E-state index contributed by atoms with van der Waals surface area (Å²) in [6, 6.07) is 11.5. The van der Waals surface area contributed by atoms with Crippen molar-refractivity contribution in [2.24, 2.45) is 11.8 Å². The molecule has 1 aromatic heterocycles. The molecule has 1 aromatic carbocycles. The fraction of sp³-hybridized carbons (Fsp3) is 0.400. The standard InChI is InChI=1S/C20H22N2O4/c1-11(12-6-4-3-5-7-12)18-13(8-16(26-18)20(24)21-2)19(23)22-17-14-9-25-10-15(14)17/h3-8,11,14-15,17H,9-10H2,1-2H3,(H,21,24)(H,22,23)/t11-,14-,15+,17+/m1/s1. The Morgan fingerprint density at radius 2 is 1.81 bits per heavy atom. The first kappa shape index (κ1) is 16.8. The molecule has 4 rings (SSSR count). The van der Waals surface area contributed by atoms with Gasteiger partial charge in [0.25, 0.3) is 11.8 Å². The van der Waals surface area contributed by atoms with Crippen molar-refractivity contribution >= 4 is 11.8 Å². The van der Waals surface area contributed by atoms with Crippen LogP contribution in [0.5, 0.6) is 0 Å². The van der Waals surface area contributed by atoms with E-state index in [1.165, 1.54) is 13.1 Å². The van der Waals surface area contributed by atoms with Crippen LogP contribution in [0.4, 0.5) is 0 Å². The van der Waals surface area contributed by atoms with Crippen molar-refractivity contribution in [3.8, 4) is 0 Å². The molecule has 6 nitrogen and oxygen atoms in total. The van der Waals surface area contributed by atoms with Gasteiger partial charge in [0.15, 0.2) is 5.76 Å². The van der Waals surface area contributed by atoms with Gasteiger partial charge in [-0.1, -0.05) is 37.3 Å². The first-order valence-corrected chi connectivity index (χ1v) is 8.89. The summed E-state index contributed by atoms with van der Waals surface area (Å²) in [6.07, 6.45) is 0. The zero-order valence-electron chi connectivity index (χ0n) is 14.8. The lowest BCUT2D eigenvalue weighted by Crippen LogP contribution is -2.30. The lowest BCUT2D eigenvalue weighted by molar-refractivity contribution is 0.0919. The van der Waals surface area contributed by atoms with Crippen LogP contribution in [0.1, 0.15) is 45.1 Å². The van der Waals surface area contributed by atoms with Crippen molar-refractivity contribution in [3.63, 3.8) is 0 Å². The number of fused-ring (bicyclic) bond motifs is 1. The van der Waals surface area contributed by atoms with Crippen molar-refractivity contribution < 1.29 is 18.7 Å². The van der Waals surface area contributed by atoms with Gasteiger partial charge in [0, 0.05) is 36.9 Å². The van der Waals surface area contributed by atoms with E-state index in [0.29, 0.717) is 36.4 Å². The molecule has 2 aliphatic rings. The Kier molecular flexibility index (Phi) is 4.28. The first-order chi connectivity index (χ1) is 12.6. The van der Waals surface area contributed by atoms with Crippen LogP contribution in [0.15, 0.2) is 40.8 Å². The molecule has 1 aliphatic heterocycles. The molecule has 2 amide bonds. The zero-order valence-corrected chi connectivity index (χ0v) is 14.8. The van der Waals surface area contributed by atoms with Crippen LogP contribution in [0.2, 0.25) is 0 Å². The predicted octanol–water partition coefficient (Wildman–Crippen LogP) is 2.17. The molecular weight excluding hydrogens is 332 g/mol. The third-order valence-corrected chi connectivity index (χ3v) is 5.40. The molecule has 0 radical (unpaired) electrons. The fourth-order valence-electron chi connectivity index (χ4n) is 3.72. The van der Waals surface area contributed by atoms with Gasteiger partial charge >= 0.3 is 0 Å². The van der Waals surface area contributed by atoms with E-state index in [-0.39, 0.29) is 29.5 Å². The summed E-state index contributed by atoms with van der Waals surface area (Å²) in [5, 5.41) is 5.62. The monoisotopic (exact) mass is 354 g/mol. The summed E-state index contributed by atoms with van der Waals surface area (Å²) >= 11 is 0. The Morgan fingerprint density at radius 3 is 2.46 bits per heavy atom. The molecule has 1 saturated carbocycles. The van der Waals surface area contributed by atoms with Crippen molar-refractivity contribution in [1.82, 2.24) is 10.6 Å². The first-order valence-electron chi connectivity index (χ1n) is 8.89. The van der Waals surface area contributed by atoms with E-state index < -0.39 is 0 Å². The summed E-state index contributed by atoms with van der Waals surface area (Å²) in [5.74, 6) is 0.809. The number of furan rings is 1. The van der Waals surface area contributed by atoms with E-state index in [4.69, 9.17) is 9.15 Å². The molecule has 136 valence electrons. The fourth-order valence-corrected chi connectivity index (χ4v) is 3.72. The van der Waals surface area contributed by atoms with Gasteiger partial charge in [0.2, 0.25) is 0 Å². The Labute approximate surface area is 151 Å². The number of hydrogen-bond acceptors (Lipinski definition) is 4. The Bertz CT molecular complexity index is 820. The SMILES string of the molecule is CNC(=O)c1cc(C(=O)N[C@H]2[C@@H]3COC[C@@H]32)c([C@H](C)c2ccccc2)o1. The number of hydrogen-bond donors (Lipinski definition) is 2. The average molecular weight is 354 g/mol. The quantitative estimate of drug-likeness (QED) is 0.862. The molecule has 2 fully saturated rings. The zero-order chi connectivity index (χ0) is 18.3. The highest BCUT2D eigenvalue weighted by atomic mass is 16.5. The molecule has 26 heavy (non-hydrogen) atoms. The molecule has 2 heterocycles. The van der Waals surface area contributed by atoms with Gasteiger partial charge in [-0.3, -0.25) is 9.59 Å². The molecule has 0 unspecified atom stereocenters. The maximum absolute atomic E-state index is 12.9. The molecule has 0 spiro atoms. The Balaban J connectivity index is 1.62. The van der Waals surface area contributed by atoms with Crippen molar-refractivity contribution in [2.75, 3.05) is 20.3 Å². The third kappa shape index (κ3) is 2.90. The highest BCUT2D eigenvalue weighted by Crippen LogP contribution is 2.44. The highest BCUT2D eigenvalue weighted by molar-refractivity contribution is 5.99. The van der Waals surface area contributed by atoms with Crippen LogP contribution in [0.3, 0.4) is 0 Å². The second-order valence-corrected chi connectivity index (χ2v) is 6.96. The number of carbonyl (C=O) groups is 2. The molecule has 1 aliphatic carbocycles. The maximum atomic E-state index is 12.9. The topological polar surface area (TPSA) is 80.6 Å². The minimum Gasteiger partial charge on any atom is -0.454 e. The van der Waals surface area contributed by atoms with Gasteiger partial charge in [-0.05, 0) is 5.56 Å². The largest absolute Gasteiger partial charge is 0.454 e. The van der Waals surface area contributed by atoms with Crippen LogP contribution in [-0.4, -0.2) is 38.1 Å². The maximum Gasteiger partial charge on any atom is 0.286 e. The molecule has 2 aromatic rings. The Hall–Kier alpha value is -2.60. The minimum absolute atomic E-state index is 0.141. The molecule has 6 heteroatoms. The van der Waals surface area contributed by atoms with Gasteiger partial charge in [-0.2, -0.15) is 0 Å². The van der Waals surface area contributed by atoms with Crippen LogP contribution in [0, 0.1) is 11.8 Å². The van der Waals surface area contributed by atoms with E-state index in [2.05, 4.69) is 10.6 Å². The molecule has 4 atom stereocenters. The Morgan fingerprint density at radius 1 is 1.12 bits per heavy atom. The number of amides is 2. The normalized spacial score (nSPS) is 24.6. The number of nitrogens with one attached hydrogen (secondary N) is 2. The van der Waals surface area contributed by atoms with Gasteiger partial charge < -0.3 is 19.8 Å². The second-order valence-electron chi connectivity index (χ2n) is 6.96. The second kappa shape index (κ2) is 6.61. The summed E-state index contributed by atoms with van der Waals surface area (Å²) < 4.78 is 11.2. The van der Waals surface area contributed by atoms with Crippen LogP contribution in [0.25, 0.3) is 0 Å². The van der Waals surface area contributed by atoms with Gasteiger partial charge in [0.1, 0.15) is 5.76 Å². The van der Waals surface area contributed by atoms with Crippen LogP contribution < -0.4 is 10.6 Å². The predicted molar refractivity (Wildman–Crippen MR) is 95.1 cm³/mol. The smallest absolute Gasteiger partial charge is 0.286 e. The van der Waals surface area contributed by atoms with Gasteiger partial charge in [-0.15, -0.1) is 0 Å². The number of rotatable bonds is 5. The van der Waals surface area contributed by atoms with Gasteiger partial charge in [0.05, 0.1) is 18.8 Å². The number of carbonyl (C=O) groups excluding carboxylic acids is 2. The van der Waals surface area contributed by atoms with E-state index in [1.807, 2.05) is 37.3 Å². The summed E-state index contributed by atoms with van der Waals surface area (Å²) in [7, 11) is 1.54. The number of ether oxygens (including phenoxy) is 1. The molecule has 0 bridgehead atoms. The third-order valence-electron chi connectivity index (χ3n) is 5.40. The van der Waals surface area contributed by atoms with Crippen molar-refractivity contribution in [1.29, 1.82) is 0 Å². The van der Waals surface area contributed by atoms with E-state index in [9.17, 15) is 9.59 Å². The lowest BCUT2D eigenvalue weighted by atomic mass is 9.96. The van der Waals surface area contributed by atoms with Crippen LogP contribution >= 0.6 is 0 Å². The summed E-state index contributed by atoms with van der Waals surface area (Å²) in [5.41, 5.74) is 1.45. The average Bonchev–Trinajstić information content (AvgIpc) is 3.07. The van der Waals surface area contributed by atoms with Crippen molar-refractivity contribution in [2.45, 2.75) is 18.9 Å². The number of benzene rings is 1. The van der Waals surface area contributed by atoms with Crippen molar-refractivity contribution in [3.05, 3.63) is 59.0 Å². The summed E-state index contributed by atoms with van der Waals surface area (Å²) in [4.78, 5) is 24.9. The van der Waals surface area contributed by atoms with E-state index >= 15 is 0 Å². The van der Waals surface area contributed by atoms with E-state index in [0.717, 1.165) is 5.56 Å². The molecule has 2 N–H and O–H groups in total. The summed E-state index contributed by atoms with van der Waals surface area (Å²) in [6.45, 7) is 3.38. The molecular formula is C20H22N2O4. The molecule has 1 saturated heterocycles. The lowest BCUT2D eigenvalue weighted by Gasteiger charge is -2.12. The minimum atomic E-state index is -0.345. The van der Waals surface area contributed by atoms with Gasteiger partial charge in [-0.25, -0.2) is 0 Å². The van der Waals surface area contributed by atoms with E-state index in [1.54, 1.807) is 0 Å².